The summed E-state index contributed by atoms with van der Waals surface area (Å²) in [5, 5.41) is 0. The highest BCUT2D eigenvalue weighted by atomic mass is 32.2. The van der Waals surface area contributed by atoms with Crippen LogP contribution in [0.15, 0.2) is 72.8 Å². The van der Waals surface area contributed by atoms with E-state index in [4.69, 9.17) is 9.47 Å². The molecule has 34 heavy (non-hydrogen) atoms. The van der Waals surface area contributed by atoms with Crippen LogP contribution in [0.2, 0.25) is 0 Å². The Labute approximate surface area is 202 Å². The number of sulfonamides is 1. The highest BCUT2D eigenvalue weighted by Crippen LogP contribution is 2.31. The third-order valence-electron chi connectivity index (χ3n) is 6.09. The lowest BCUT2D eigenvalue weighted by molar-refractivity contribution is 0.177. The molecule has 1 aliphatic rings. The molecule has 0 atom stereocenters. The first-order chi connectivity index (χ1) is 16.4. The summed E-state index contributed by atoms with van der Waals surface area (Å²) in [7, 11) is -1.59. The molecule has 0 radical (unpaired) electrons. The normalized spacial score (nSPS) is 15.1. The smallest absolute Gasteiger partial charge is 0.229 e. The van der Waals surface area contributed by atoms with Gasteiger partial charge < -0.3 is 9.47 Å². The predicted octanol–water partition coefficient (Wildman–Crippen LogP) is 5.31. The number of likely N-dealkylation sites (tertiary alicyclic amines) is 1. The zero-order valence-corrected chi connectivity index (χ0v) is 20.6. The summed E-state index contributed by atoms with van der Waals surface area (Å²) >= 11 is 0. The molecular weight excluding hydrogens is 448 g/mol. The van der Waals surface area contributed by atoms with Crippen LogP contribution in [0.4, 0.5) is 5.69 Å². The number of hydrogen-bond acceptors (Lipinski definition) is 5. The standard InChI is InChI=1S/C27H32N2O4S/c1-32-26-8-3-4-9-27(26)33-25-7-5-6-23(19-25)20-29-16-14-22(15-17-29)18-21-10-12-24(13-11-21)28-34(2,30)31/h3-13,19,22,28H,14-18,20H2,1-2H3. The summed E-state index contributed by atoms with van der Waals surface area (Å²) in [5.74, 6) is 2.88. The monoisotopic (exact) mass is 480 g/mol. The van der Waals surface area contributed by atoms with Crippen molar-refractivity contribution in [3.8, 4) is 17.2 Å². The van der Waals surface area contributed by atoms with Gasteiger partial charge in [-0.2, -0.15) is 0 Å². The highest BCUT2D eigenvalue weighted by molar-refractivity contribution is 7.92. The number of anilines is 1. The van der Waals surface area contributed by atoms with Crippen LogP contribution in [0.3, 0.4) is 0 Å². The first-order valence-electron chi connectivity index (χ1n) is 11.6. The zero-order chi connectivity index (χ0) is 24.0. The number of para-hydroxylation sites is 2. The van der Waals surface area contributed by atoms with Crippen LogP contribution in [0.5, 0.6) is 17.2 Å². The molecular formula is C27H32N2O4S. The maximum absolute atomic E-state index is 11.4. The van der Waals surface area contributed by atoms with Gasteiger partial charge in [0.15, 0.2) is 11.5 Å². The molecule has 7 heteroatoms. The first kappa shape index (κ1) is 24.1. The summed E-state index contributed by atoms with van der Waals surface area (Å²) in [4.78, 5) is 2.50. The van der Waals surface area contributed by atoms with Crippen molar-refractivity contribution in [2.75, 3.05) is 31.2 Å². The van der Waals surface area contributed by atoms with Crippen LogP contribution in [0.1, 0.15) is 24.0 Å². The van der Waals surface area contributed by atoms with E-state index in [-0.39, 0.29) is 0 Å². The van der Waals surface area contributed by atoms with Crippen molar-refractivity contribution in [2.45, 2.75) is 25.8 Å². The third-order valence-corrected chi connectivity index (χ3v) is 6.70. The number of piperidine rings is 1. The molecule has 3 aromatic carbocycles. The first-order valence-corrected chi connectivity index (χ1v) is 13.5. The summed E-state index contributed by atoms with van der Waals surface area (Å²) in [6, 6.07) is 23.6. The Morgan fingerprint density at radius 1 is 0.912 bits per heavy atom. The molecule has 0 saturated carbocycles. The Morgan fingerprint density at radius 2 is 1.62 bits per heavy atom. The fourth-order valence-corrected chi connectivity index (χ4v) is 4.96. The maximum atomic E-state index is 11.4. The lowest BCUT2D eigenvalue weighted by Crippen LogP contribution is -2.33. The Kier molecular flexibility index (Phi) is 7.75. The molecule has 1 saturated heterocycles. The van der Waals surface area contributed by atoms with E-state index in [0.29, 0.717) is 17.4 Å². The molecule has 180 valence electrons. The highest BCUT2D eigenvalue weighted by Gasteiger charge is 2.20. The van der Waals surface area contributed by atoms with E-state index < -0.39 is 10.0 Å². The summed E-state index contributed by atoms with van der Waals surface area (Å²) in [6.45, 7) is 3.04. The van der Waals surface area contributed by atoms with E-state index in [9.17, 15) is 8.42 Å². The lowest BCUT2D eigenvalue weighted by atomic mass is 9.90. The molecule has 6 nitrogen and oxygen atoms in total. The number of nitrogens with zero attached hydrogens (tertiary/aromatic N) is 1. The molecule has 0 unspecified atom stereocenters. The van der Waals surface area contributed by atoms with Crippen molar-refractivity contribution in [1.82, 2.24) is 4.90 Å². The van der Waals surface area contributed by atoms with Gasteiger partial charge in [0.1, 0.15) is 5.75 Å². The number of hydrogen-bond donors (Lipinski definition) is 1. The van der Waals surface area contributed by atoms with Gasteiger partial charge in [0.05, 0.1) is 13.4 Å². The van der Waals surface area contributed by atoms with Crippen molar-refractivity contribution in [2.24, 2.45) is 5.92 Å². The van der Waals surface area contributed by atoms with E-state index in [0.717, 1.165) is 50.4 Å². The van der Waals surface area contributed by atoms with Gasteiger partial charge in [-0.1, -0.05) is 36.4 Å². The minimum atomic E-state index is -3.24. The van der Waals surface area contributed by atoms with Crippen molar-refractivity contribution in [1.29, 1.82) is 0 Å². The number of nitrogens with one attached hydrogen (secondary N) is 1. The summed E-state index contributed by atoms with van der Waals surface area (Å²) in [5.41, 5.74) is 3.09. The van der Waals surface area contributed by atoms with Crippen LogP contribution >= 0.6 is 0 Å². The summed E-state index contributed by atoms with van der Waals surface area (Å²) < 4.78 is 36.7. The van der Waals surface area contributed by atoms with E-state index in [2.05, 4.69) is 21.8 Å². The lowest BCUT2D eigenvalue weighted by Gasteiger charge is -2.32. The summed E-state index contributed by atoms with van der Waals surface area (Å²) in [6.07, 6.45) is 4.50. The van der Waals surface area contributed by atoms with E-state index >= 15 is 0 Å². The van der Waals surface area contributed by atoms with Gasteiger partial charge in [-0.05, 0) is 85.8 Å². The number of rotatable bonds is 9. The molecule has 3 aromatic rings. The molecule has 1 heterocycles. The van der Waals surface area contributed by atoms with Crippen molar-refractivity contribution < 1.29 is 17.9 Å². The fourth-order valence-electron chi connectivity index (χ4n) is 4.40. The van der Waals surface area contributed by atoms with Gasteiger partial charge in [0, 0.05) is 12.2 Å². The van der Waals surface area contributed by atoms with E-state index in [1.165, 1.54) is 17.4 Å². The zero-order valence-electron chi connectivity index (χ0n) is 19.7. The molecule has 1 aliphatic heterocycles. The Balaban J connectivity index is 1.27. The third kappa shape index (κ3) is 6.98. The van der Waals surface area contributed by atoms with Gasteiger partial charge in [0.2, 0.25) is 10.0 Å². The SMILES string of the molecule is COc1ccccc1Oc1cccc(CN2CCC(Cc3ccc(NS(C)(=O)=O)cc3)CC2)c1. The Hall–Kier alpha value is -3.03. The quantitative estimate of drug-likeness (QED) is 0.449. The maximum Gasteiger partial charge on any atom is 0.229 e. The number of ether oxygens (including phenoxy) is 2. The van der Waals surface area contributed by atoms with Gasteiger partial charge in [-0.25, -0.2) is 8.42 Å². The van der Waals surface area contributed by atoms with Crippen molar-refractivity contribution >= 4 is 15.7 Å². The Morgan fingerprint density at radius 3 is 2.29 bits per heavy atom. The Bertz CT molecular complexity index is 1190. The molecule has 0 spiro atoms. The van der Waals surface area contributed by atoms with Crippen LogP contribution in [0.25, 0.3) is 0 Å². The van der Waals surface area contributed by atoms with Crippen molar-refractivity contribution in [3.63, 3.8) is 0 Å². The number of benzene rings is 3. The van der Waals surface area contributed by atoms with Gasteiger partial charge in [0.25, 0.3) is 0 Å². The second-order valence-corrected chi connectivity index (χ2v) is 10.6. The van der Waals surface area contributed by atoms with E-state index in [1.54, 1.807) is 7.11 Å². The van der Waals surface area contributed by atoms with Crippen LogP contribution in [-0.4, -0.2) is 39.8 Å². The molecule has 4 rings (SSSR count). The van der Waals surface area contributed by atoms with Crippen LogP contribution in [0, 0.1) is 5.92 Å². The molecule has 1 N–H and O–H groups in total. The molecule has 1 fully saturated rings. The largest absolute Gasteiger partial charge is 0.493 e. The molecule has 0 bridgehead atoms. The van der Waals surface area contributed by atoms with Gasteiger partial charge in [-0.3, -0.25) is 9.62 Å². The molecule has 0 aliphatic carbocycles. The minimum absolute atomic E-state index is 0.609. The van der Waals surface area contributed by atoms with Crippen LogP contribution in [-0.2, 0) is 23.0 Å². The van der Waals surface area contributed by atoms with Crippen LogP contribution < -0.4 is 14.2 Å². The average molecular weight is 481 g/mol. The number of methoxy groups -OCH3 is 1. The molecule has 0 aromatic heterocycles. The van der Waals surface area contributed by atoms with Gasteiger partial charge >= 0.3 is 0 Å². The second kappa shape index (κ2) is 10.9. The second-order valence-electron chi connectivity index (χ2n) is 8.90. The predicted molar refractivity (Wildman–Crippen MR) is 136 cm³/mol. The minimum Gasteiger partial charge on any atom is -0.493 e. The topological polar surface area (TPSA) is 67.9 Å². The molecule has 0 amide bonds. The average Bonchev–Trinajstić information content (AvgIpc) is 2.81. The van der Waals surface area contributed by atoms with Gasteiger partial charge in [-0.15, -0.1) is 0 Å². The van der Waals surface area contributed by atoms with E-state index in [1.807, 2.05) is 60.7 Å². The van der Waals surface area contributed by atoms with Crippen molar-refractivity contribution in [3.05, 3.63) is 83.9 Å². The fraction of sp³-hybridized carbons (Fsp3) is 0.333.